The molecule has 7 nitrogen and oxygen atoms in total. The summed E-state index contributed by atoms with van der Waals surface area (Å²) in [4.78, 5) is 42.1. The Bertz CT molecular complexity index is 1160. The maximum Gasteiger partial charge on any atom is 0.330 e. The van der Waals surface area contributed by atoms with E-state index in [0.29, 0.717) is 12.3 Å². The van der Waals surface area contributed by atoms with Gasteiger partial charge in [-0.15, -0.1) is 11.8 Å². The van der Waals surface area contributed by atoms with Gasteiger partial charge in [0.05, 0.1) is 12.3 Å². The number of nitrogens with zero attached hydrogens (tertiary/aromatic N) is 2. The van der Waals surface area contributed by atoms with E-state index in [1.165, 1.54) is 21.2 Å². The van der Waals surface area contributed by atoms with E-state index in [1.54, 1.807) is 0 Å². The third-order valence-electron chi connectivity index (χ3n) is 4.85. The van der Waals surface area contributed by atoms with Crippen LogP contribution in [0.25, 0.3) is 0 Å². The zero-order chi connectivity index (χ0) is 23.1. The summed E-state index contributed by atoms with van der Waals surface area (Å²) in [6, 6.07) is 19.2. The number of anilines is 2. The van der Waals surface area contributed by atoms with E-state index in [0.717, 1.165) is 11.1 Å². The van der Waals surface area contributed by atoms with Crippen LogP contribution in [0.15, 0.2) is 70.3 Å². The van der Waals surface area contributed by atoms with Crippen molar-refractivity contribution in [1.29, 1.82) is 0 Å². The monoisotopic (exact) mass is 452 g/mol. The summed E-state index contributed by atoms with van der Waals surface area (Å²) in [5.41, 5.74) is 7.06. The molecule has 0 bridgehead atoms. The number of hydrogen-bond donors (Lipinski definition) is 2. The molecule has 0 atom stereocenters. The van der Waals surface area contributed by atoms with E-state index >= 15 is 0 Å². The Labute approximate surface area is 191 Å². The maximum atomic E-state index is 13.1. The average Bonchev–Trinajstić information content (AvgIpc) is 2.77. The average molecular weight is 453 g/mol. The van der Waals surface area contributed by atoms with E-state index in [-0.39, 0.29) is 35.6 Å². The van der Waals surface area contributed by atoms with Crippen molar-refractivity contribution in [3.8, 4) is 0 Å². The van der Waals surface area contributed by atoms with Crippen LogP contribution in [0.2, 0.25) is 0 Å². The van der Waals surface area contributed by atoms with E-state index in [2.05, 4.69) is 4.98 Å². The molecule has 0 saturated carbocycles. The molecule has 0 radical (unpaired) electrons. The summed E-state index contributed by atoms with van der Waals surface area (Å²) in [5.74, 6) is 0.748. The number of nitrogen functional groups attached to an aromatic ring is 1. The summed E-state index contributed by atoms with van der Waals surface area (Å²) >= 11 is 1.47. The van der Waals surface area contributed by atoms with Crippen molar-refractivity contribution < 1.29 is 4.79 Å². The summed E-state index contributed by atoms with van der Waals surface area (Å²) in [6.07, 6.45) is 0. The van der Waals surface area contributed by atoms with Crippen LogP contribution < -0.4 is 21.9 Å². The Morgan fingerprint density at radius 2 is 1.62 bits per heavy atom. The van der Waals surface area contributed by atoms with Crippen molar-refractivity contribution in [2.24, 2.45) is 5.92 Å². The lowest BCUT2D eigenvalue weighted by atomic mass is 10.2. The molecule has 0 unspecified atom stereocenters. The van der Waals surface area contributed by atoms with Crippen LogP contribution in [0.5, 0.6) is 0 Å². The van der Waals surface area contributed by atoms with Crippen LogP contribution in [-0.4, -0.2) is 27.8 Å². The van der Waals surface area contributed by atoms with Crippen LogP contribution >= 0.6 is 11.8 Å². The third kappa shape index (κ3) is 5.91. The Morgan fingerprint density at radius 1 is 1.03 bits per heavy atom. The van der Waals surface area contributed by atoms with E-state index in [1.807, 2.05) is 74.5 Å². The van der Waals surface area contributed by atoms with Crippen molar-refractivity contribution >= 4 is 29.2 Å². The van der Waals surface area contributed by atoms with Crippen LogP contribution in [-0.2, 0) is 17.1 Å². The topological polar surface area (TPSA) is 101 Å². The normalized spacial score (nSPS) is 11.0. The molecule has 32 heavy (non-hydrogen) atoms. The minimum Gasteiger partial charge on any atom is -0.383 e. The lowest BCUT2D eigenvalue weighted by molar-refractivity contribution is -0.116. The quantitative estimate of drug-likeness (QED) is 0.520. The molecule has 1 aromatic heterocycles. The number of thioether (sulfide) groups is 1. The number of hydrogen-bond acceptors (Lipinski definition) is 5. The summed E-state index contributed by atoms with van der Waals surface area (Å²) in [6.45, 7) is 4.44. The number of amides is 1. The Hall–Kier alpha value is -3.26. The van der Waals surface area contributed by atoms with Crippen molar-refractivity contribution in [2.75, 3.05) is 22.9 Å². The number of carbonyl (C=O) groups is 1. The molecular weight excluding hydrogens is 424 g/mol. The largest absolute Gasteiger partial charge is 0.383 e. The summed E-state index contributed by atoms with van der Waals surface area (Å²) in [5, 5.41) is 0. The lowest BCUT2D eigenvalue weighted by Gasteiger charge is -2.26. The highest BCUT2D eigenvalue weighted by Crippen LogP contribution is 2.21. The van der Waals surface area contributed by atoms with Crippen LogP contribution in [0.4, 0.5) is 11.5 Å². The molecule has 3 aromatic rings. The zero-order valence-corrected chi connectivity index (χ0v) is 19.1. The smallest absolute Gasteiger partial charge is 0.330 e. The molecule has 8 heteroatoms. The first-order valence-electron chi connectivity index (χ1n) is 10.5. The second-order valence-electron chi connectivity index (χ2n) is 7.94. The van der Waals surface area contributed by atoms with Crippen LogP contribution in [0, 0.1) is 5.92 Å². The van der Waals surface area contributed by atoms with E-state index < -0.39 is 11.2 Å². The SMILES string of the molecule is CC(C)CN(C(=O)CSCc1ccccc1)c1c(N)n(Cc2ccccc2)c(=O)[nH]c1=O. The summed E-state index contributed by atoms with van der Waals surface area (Å²) in [7, 11) is 0. The first-order valence-corrected chi connectivity index (χ1v) is 11.6. The van der Waals surface area contributed by atoms with Gasteiger partial charge >= 0.3 is 5.69 Å². The highest BCUT2D eigenvalue weighted by Gasteiger charge is 2.25. The second-order valence-corrected chi connectivity index (χ2v) is 8.93. The number of rotatable bonds is 9. The predicted octanol–water partition coefficient (Wildman–Crippen LogP) is 3.09. The molecule has 0 spiro atoms. The van der Waals surface area contributed by atoms with Crippen molar-refractivity contribution in [1.82, 2.24) is 9.55 Å². The zero-order valence-electron chi connectivity index (χ0n) is 18.3. The first-order chi connectivity index (χ1) is 15.4. The van der Waals surface area contributed by atoms with Gasteiger partial charge in [0.2, 0.25) is 5.91 Å². The molecule has 1 amide bonds. The lowest BCUT2D eigenvalue weighted by Crippen LogP contribution is -2.43. The minimum atomic E-state index is -0.654. The van der Waals surface area contributed by atoms with Gasteiger partial charge in [0.1, 0.15) is 5.82 Å². The molecule has 0 aliphatic carbocycles. The first kappa shape index (κ1) is 23.4. The molecule has 3 rings (SSSR count). The van der Waals surface area contributed by atoms with Crippen LogP contribution in [0.3, 0.4) is 0 Å². The Morgan fingerprint density at radius 3 is 2.22 bits per heavy atom. The molecular formula is C24H28N4O3S. The number of H-pyrrole nitrogens is 1. The molecule has 0 aliphatic heterocycles. The fraction of sp³-hybridized carbons (Fsp3) is 0.292. The van der Waals surface area contributed by atoms with Crippen molar-refractivity contribution in [2.45, 2.75) is 26.1 Å². The number of benzene rings is 2. The molecule has 0 saturated heterocycles. The Kier molecular flexibility index (Phi) is 7.94. The molecule has 168 valence electrons. The van der Waals surface area contributed by atoms with E-state index in [4.69, 9.17) is 5.73 Å². The third-order valence-corrected chi connectivity index (χ3v) is 5.84. The molecule has 2 aromatic carbocycles. The number of aromatic amines is 1. The molecule has 1 heterocycles. The van der Waals surface area contributed by atoms with Gasteiger partial charge in [-0.1, -0.05) is 74.5 Å². The van der Waals surface area contributed by atoms with Crippen molar-refractivity contribution in [3.05, 3.63) is 92.6 Å². The highest BCUT2D eigenvalue weighted by atomic mass is 32.2. The number of carbonyl (C=O) groups excluding carboxylic acids is 1. The molecule has 0 aliphatic rings. The number of aromatic nitrogens is 2. The predicted molar refractivity (Wildman–Crippen MR) is 131 cm³/mol. The van der Waals surface area contributed by atoms with Gasteiger partial charge in [0.25, 0.3) is 5.56 Å². The van der Waals surface area contributed by atoms with Crippen molar-refractivity contribution in [3.63, 3.8) is 0 Å². The van der Waals surface area contributed by atoms with Gasteiger partial charge in [0.15, 0.2) is 5.69 Å². The van der Waals surface area contributed by atoms with E-state index in [9.17, 15) is 14.4 Å². The molecule has 3 N–H and O–H groups in total. The van der Waals surface area contributed by atoms with Gasteiger partial charge < -0.3 is 10.6 Å². The highest BCUT2D eigenvalue weighted by molar-refractivity contribution is 7.99. The van der Waals surface area contributed by atoms with Gasteiger partial charge in [0, 0.05) is 12.3 Å². The maximum absolute atomic E-state index is 13.1. The Balaban J connectivity index is 1.89. The number of nitrogens with one attached hydrogen (secondary N) is 1. The van der Waals surface area contributed by atoms with Gasteiger partial charge in [-0.25, -0.2) is 4.79 Å². The second kappa shape index (κ2) is 10.9. The summed E-state index contributed by atoms with van der Waals surface area (Å²) < 4.78 is 1.30. The standard InChI is InChI=1S/C24H28N4O3S/c1-17(2)13-27(20(29)16-32-15-19-11-7-4-8-12-19)21-22(25)28(24(31)26-23(21)30)14-18-9-5-3-6-10-18/h3-12,17H,13-16,25H2,1-2H3,(H,26,30,31). The van der Waals surface area contributed by atoms with Gasteiger partial charge in [-0.05, 0) is 17.0 Å². The molecule has 0 fully saturated rings. The minimum absolute atomic E-state index is 0.00957. The van der Waals surface area contributed by atoms with Crippen LogP contribution in [0.1, 0.15) is 25.0 Å². The number of nitrogens with two attached hydrogens (primary N) is 1. The fourth-order valence-corrected chi connectivity index (χ4v) is 4.21. The van der Waals surface area contributed by atoms with Gasteiger partial charge in [-0.3, -0.25) is 19.1 Å². The fourth-order valence-electron chi connectivity index (χ4n) is 3.35. The van der Waals surface area contributed by atoms with Gasteiger partial charge in [-0.2, -0.15) is 0 Å².